The molecule has 0 radical (unpaired) electrons. The summed E-state index contributed by atoms with van der Waals surface area (Å²) in [6.07, 6.45) is 1.43. The molecule has 72 valence electrons. The molecule has 0 unspecified atom stereocenters. The van der Waals surface area contributed by atoms with E-state index < -0.39 is 11.7 Å². The Morgan fingerprint density at radius 1 is 1.23 bits per heavy atom. The quantitative estimate of drug-likeness (QED) is 0.668. The van der Waals surface area contributed by atoms with E-state index in [4.69, 9.17) is 0 Å². The Labute approximate surface area is 74.6 Å². The largest absolute Gasteiger partial charge is 0.416 e. The summed E-state index contributed by atoms with van der Waals surface area (Å²) in [5, 5.41) is 2.79. The third-order valence-corrected chi connectivity index (χ3v) is 1.73. The molecule has 0 aromatic heterocycles. The van der Waals surface area contributed by atoms with Crippen molar-refractivity contribution in [3.8, 4) is 0 Å². The van der Waals surface area contributed by atoms with E-state index in [0.717, 1.165) is 6.08 Å². The van der Waals surface area contributed by atoms with Crippen LogP contribution in [0.25, 0.3) is 0 Å². The number of nitrogens with one attached hydrogen (secondary N) is 1. The van der Waals surface area contributed by atoms with Crippen molar-refractivity contribution in [1.82, 2.24) is 5.32 Å². The Hall–Kier alpha value is -1.19. The normalized spacial score (nSPS) is 17.5. The van der Waals surface area contributed by atoms with Gasteiger partial charge in [-0.1, -0.05) is 12.2 Å². The Balaban J connectivity index is 2.81. The van der Waals surface area contributed by atoms with Gasteiger partial charge in [0.05, 0.1) is 5.57 Å². The Morgan fingerprint density at radius 2 is 1.92 bits per heavy atom. The van der Waals surface area contributed by atoms with Crippen molar-refractivity contribution in [3.05, 3.63) is 35.6 Å². The molecule has 0 bridgehead atoms. The first-order chi connectivity index (χ1) is 6.04. The zero-order valence-corrected chi connectivity index (χ0v) is 7.15. The minimum absolute atomic E-state index is 0.304. The van der Waals surface area contributed by atoms with Gasteiger partial charge in [0, 0.05) is 12.7 Å². The molecule has 1 aliphatic rings. The lowest BCUT2D eigenvalue weighted by atomic mass is 10.2. The van der Waals surface area contributed by atoms with Gasteiger partial charge in [-0.05, 0) is 18.6 Å². The zero-order chi connectivity index (χ0) is 9.90. The molecule has 1 aliphatic carbocycles. The molecular weight excluding hydrogens is 179 g/mol. The van der Waals surface area contributed by atoms with Crippen LogP contribution in [-0.2, 0) is 0 Å². The first-order valence-corrected chi connectivity index (χ1v) is 3.87. The molecule has 0 amide bonds. The number of halogens is 3. The number of likely N-dealkylation sites (N-methyl/N-ethyl adjacent to an activating group) is 1. The van der Waals surface area contributed by atoms with E-state index >= 15 is 0 Å². The van der Waals surface area contributed by atoms with Gasteiger partial charge in [-0.2, -0.15) is 13.2 Å². The second-order valence-electron chi connectivity index (χ2n) is 2.64. The summed E-state index contributed by atoms with van der Waals surface area (Å²) in [6, 6.07) is 0. The summed E-state index contributed by atoms with van der Waals surface area (Å²) < 4.78 is 36.6. The molecule has 1 nitrogen and oxygen atoms in total. The average Bonchev–Trinajstić information content (AvgIpc) is 2.26. The van der Waals surface area contributed by atoms with E-state index in [2.05, 4.69) is 5.32 Å². The fourth-order valence-corrected chi connectivity index (χ4v) is 1.02. The zero-order valence-electron chi connectivity index (χ0n) is 7.15. The topological polar surface area (TPSA) is 12.0 Å². The van der Waals surface area contributed by atoms with Gasteiger partial charge in [0.1, 0.15) is 0 Å². The van der Waals surface area contributed by atoms with Crippen molar-refractivity contribution in [2.24, 2.45) is 0 Å². The third-order valence-electron chi connectivity index (χ3n) is 1.73. The van der Waals surface area contributed by atoms with Crippen LogP contribution >= 0.6 is 0 Å². The fourth-order valence-electron chi connectivity index (χ4n) is 1.02. The number of hydrogen-bond donors (Lipinski definition) is 1. The van der Waals surface area contributed by atoms with Crippen molar-refractivity contribution in [2.45, 2.75) is 12.6 Å². The van der Waals surface area contributed by atoms with Crippen molar-refractivity contribution < 1.29 is 13.2 Å². The van der Waals surface area contributed by atoms with Crippen molar-refractivity contribution >= 4 is 0 Å². The predicted molar refractivity (Wildman–Crippen MR) is 45.0 cm³/mol. The maximum atomic E-state index is 12.2. The van der Waals surface area contributed by atoms with Crippen LogP contribution in [0.5, 0.6) is 0 Å². The van der Waals surface area contributed by atoms with Crippen LogP contribution in [0.2, 0.25) is 0 Å². The number of alkyl halides is 3. The first-order valence-electron chi connectivity index (χ1n) is 3.87. The summed E-state index contributed by atoms with van der Waals surface area (Å²) in [5.41, 5.74) is 0.115. The van der Waals surface area contributed by atoms with E-state index in [-0.39, 0.29) is 0 Å². The number of allylic oxidation sites excluding steroid dienone is 5. The van der Waals surface area contributed by atoms with Gasteiger partial charge in [0.15, 0.2) is 0 Å². The van der Waals surface area contributed by atoms with Crippen LogP contribution in [0.15, 0.2) is 35.6 Å². The van der Waals surface area contributed by atoms with Crippen molar-refractivity contribution in [1.29, 1.82) is 0 Å². The lowest BCUT2D eigenvalue weighted by Gasteiger charge is -2.05. The molecule has 1 rings (SSSR count). The van der Waals surface area contributed by atoms with Crippen LogP contribution < -0.4 is 5.32 Å². The molecule has 0 saturated heterocycles. The van der Waals surface area contributed by atoms with Gasteiger partial charge in [-0.25, -0.2) is 0 Å². The second-order valence-corrected chi connectivity index (χ2v) is 2.64. The maximum absolute atomic E-state index is 12.2. The predicted octanol–water partition coefficient (Wildman–Crippen LogP) is 2.54. The van der Waals surface area contributed by atoms with Crippen LogP contribution in [0.3, 0.4) is 0 Å². The molecule has 0 heterocycles. The Kier molecular flexibility index (Phi) is 2.80. The minimum atomic E-state index is -4.24. The van der Waals surface area contributed by atoms with Crippen LogP contribution in [0.1, 0.15) is 6.42 Å². The SMILES string of the molecule is CNC1=CCC=C(C(F)(F)F)C=C1. The van der Waals surface area contributed by atoms with E-state index in [9.17, 15) is 13.2 Å². The molecule has 0 aromatic rings. The highest BCUT2D eigenvalue weighted by Crippen LogP contribution is 2.28. The number of hydrogen-bond acceptors (Lipinski definition) is 1. The van der Waals surface area contributed by atoms with Gasteiger partial charge in [0.2, 0.25) is 0 Å². The summed E-state index contributed by atoms with van der Waals surface area (Å²) in [5.74, 6) is 0. The van der Waals surface area contributed by atoms with E-state index in [1.807, 2.05) is 0 Å². The molecule has 0 spiro atoms. The molecule has 0 aliphatic heterocycles. The molecular formula is C9H10F3N. The number of rotatable bonds is 1. The molecule has 0 saturated carbocycles. The molecule has 0 aromatic carbocycles. The van der Waals surface area contributed by atoms with Gasteiger partial charge in [-0.15, -0.1) is 0 Å². The van der Waals surface area contributed by atoms with Crippen molar-refractivity contribution in [2.75, 3.05) is 7.05 Å². The van der Waals surface area contributed by atoms with Gasteiger partial charge >= 0.3 is 6.18 Å². The van der Waals surface area contributed by atoms with Crippen LogP contribution in [0.4, 0.5) is 13.2 Å². The lowest BCUT2D eigenvalue weighted by molar-refractivity contribution is -0.0883. The van der Waals surface area contributed by atoms with E-state index in [0.29, 0.717) is 12.1 Å². The van der Waals surface area contributed by atoms with Crippen molar-refractivity contribution in [3.63, 3.8) is 0 Å². The van der Waals surface area contributed by atoms with Gasteiger partial charge in [-0.3, -0.25) is 0 Å². The lowest BCUT2D eigenvalue weighted by Crippen LogP contribution is -2.09. The monoisotopic (exact) mass is 189 g/mol. The fraction of sp³-hybridized carbons (Fsp3) is 0.333. The molecule has 0 fully saturated rings. The first kappa shape index (κ1) is 9.89. The Morgan fingerprint density at radius 3 is 2.46 bits per heavy atom. The van der Waals surface area contributed by atoms with Crippen LogP contribution in [-0.4, -0.2) is 13.2 Å². The molecule has 4 heteroatoms. The summed E-state index contributed by atoms with van der Waals surface area (Å²) in [4.78, 5) is 0. The standard InChI is InChI=1S/C9H10F3N/c1-13-8-4-2-3-7(5-6-8)9(10,11)12/h3-6,13H,2H2,1H3. The summed E-state index contributed by atoms with van der Waals surface area (Å²) in [6.45, 7) is 0. The minimum Gasteiger partial charge on any atom is -0.388 e. The van der Waals surface area contributed by atoms with Gasteiger partial charge < -0.3 is 5.32 Å². The molecule has 0 atom stereocenters. The molecule has 1 N–H and O–H groups in total. The highest BCUT2D eigenvalue weighted by Gasteiger charge is 2.31. The average molecular weight is 189 g/mol. The summed E-state index contributed by atoms with van der Waals surface area (Å²) in [7, 11) is 1.68. The highest BCUT2D eigenvalue weighted by molar-refractivity contribution is 5.33. The Bertz CT molecular complexity index is 271. The van der Waals surface area contributed by atoms with E-state index in [1.165, 1.54) is 12.2 Å². The van der Waals surface area contributed by atoms with E-state index in [1.54, 1.807) is 13.1 Å². The highest BCUT2D eigenvalue weighted by atomic mass is 19.4. The molecule has 13 heavy (non-hydrogen) atoms. The third kappa shape index (κ3) is 2.65. The smallest absolute Gasteiger partial charge is 0.388 e. The van der Waals surface area contributed by atoms with Crippen LogP contribution in [0, 0.1) is 0 Å². The van der Waals surface area contributed by atoms with Gasteiger partial charge in [0.25, 0.3) is 0 Å². The maximum Gasteiger partial charge on any atom is 0.416 e. The summed E-state index contributed by atoms with van der Waals surface area (Å²) >= 11 is 0. The second kappa shape index (κ2) is 3.68.